The van der Waals surface area contributed by atoms with Crippen LogP contribution in [0.15, 0.2) is 47.1 Å². The quantitative estimate of drug-likeness (QED) is 0.813. The maximum Gasteiger partial charge on any atom is 0.150 e. The Hall–Kier alpha value is -2.54. The van der Waals surface area contributed by atoms with E-state index in [1.54, 1.807) is 32.4 Å². The van der Waals surface area contributed by atoms with Crippen LogP contribution in [-0.2, 0) is 4.79 Å². The standard InChI is InChI=1S/C17H17NO3/c1-3-14(19)13(11-18)17(16-9-6-10-21-16)12-7-4-5-8-15(12)20-2/h4-10,13,17H,3H2,1-2H3/t13-,17-/m1/s1. The van der Waals surface area contributed by atoms with E-state index >= 15 is 0 Å². The van der Waals surface area contributed by atoms with E-state index in [-0.39, 0.29) is 5.78 Å². The molecule has 0 aliphatic heterocycles. The predicted octanol–water partition coefficient (Wildman–Crippen LogP) is 3.54. The topological polar surface area (TPSA) is 63.2 Å². The van der Waals surface area contributed by atoms with Crippen molar-refractivity contribution in [2.24, 2.45) is 5.92 Å². The number of benzene rings is 1. The zero-order chi connectivity index (χ0) is 15.2. The van der Waals surface area contributed by atoms with Crippen LogP contribution in [0.3, 0.4) is 0 Å². The molecule has 2 aromatic rings. The lowest BCUT2D eigenvalue weighted by molar-refractivity contribution is -0.121. The molecule has 0 aliphatic rings. The summed E-state index contributed by atoms with van der Waals surface area (Å²) in [5, 5.41) is 9.47. The van der Waals surface area contributed by atoms with Gasteiger partial charge in [0.15, 0.2) is 5.78 Å². The summed E-state index contributed by atoms with van der Waals surface area (Å²) in [5.74, 6) is -0.133. The van der Waals surface area contributed by atoms with Gasteiger partial charge < -0.3 is 9.15 Å². The average molecular weight is 283 g/mol. The lowest BCUT2D eigenvalue weighted by Crippen LogP contribution is -2.21. The zero-order valence-electron chi connectivity index (χ0n) is 12.1. The second-order valence-corrected chi connectivity index (χ2v) is 4.66. The number of hydrogen-bond donors (Lipinski definition) is 0. The number of hydrogen-bond acceptors (Lipinski definition) is 4. The fraction of sp³-hybridized carbons (Fsp3) is 0.294. The Labute approximate surface area is 124 Å². The van der Waals surface area contributed by atoms with Gasteiger partial charge in [-0.3, -0.25) is 4.79 Å². The van der Waals surface area contributed by atoms with E-state index in [1.165, 1.54) is 0 Å². The molecule has 21 heavy (non-hydrogen) atoms. The number of methoxy groups -OCH3 is 1. The van der Waals surface area contributed by atoms with E-state index in [2.05, 4.69) is 6.07 Å². The molecule has 0 radical (unpaired) electrons. The minimum atomic E-state index is -0.794. The van der Waals surface area contributed by atoms with E-state index in [4.69, 9.17) is 9.15 Å². The fourth-order valence-electron chi connectivity index (χ4n) is 2.44. The first-order valence-electron chi connectivity index (χ1n) is 6.81. The van der Waals surface area contributed by atoms with Gasteiger partial charge in [0.25, 0.3) is 0 Å². The highest BCUT2D eigenvalue weighted by Gasteiger charge is 2.33. The molecule has 0 unspecified atom stereocenters. The first-order chi connectivity index (χ1) is 10.2. The SMILES string of the molecule is CCC(=O)[C@@H](C#N)[C@H](c1ccco1)c1ccccc1OC. The van der Waals surface area contributed by atoms with Crippen molar-refractivity contribution in [1.82, 2.24) is 0 Å². The molecule has 0 fully saturated rings. The van der Waals surface area contributed by atoms with Crippen LogP contribution in [-0.4, -0.2) is 12.9 Å². The van der Waals surface area contributed by atoms with Crippen molar-refractivity contribution in [2.75, 3.05) is 7.11 Å². The number of nitrogens with zero attached hydrogens (tertiary/aromatic N) is 1. The highest BCUT2D eigenvalue weighted by Crippen LogP contribution is 2.38. The van der Waals surface area contributed by atoms with Gasteiger partial charge in [0.2, 0.25) is 0 Å². The number of Topliss-reactive ketones (excluding diaryl/α,β-unsaturated/α-hetero) is 1. The van der Waals surface area contributed by atoms with E-state index in [0.717, 1.165) is 5.56 Å². The third kappa shape index (κ3) is 2.97. The highest BCUT2D eigenvalue weighted by molar-refractivity contribution is 5.84. The van der Waals surface area contributed by atoms with Crippen molar-refractivity contribution >= 4 is 5.78 Å². The maximum absolute atomic E-state index is 12.1. The van der Waals surface area contributed by atoms with Crippen LogP contribution < -0.4 is 4.74 Å². The van der Waals surface area contributed by atoms with E-state index in [0.29, 0.717) is 17.9 Å². The summed E-state index contributed by atoms with van der Waals surface area (Å²) in [7, 11) is 1.57. The number of carbonyl (C=O) groups is 1. The zero-order valence-corrected chi connectivity index (χ0v) is 12.1. The summed E-state index contributed by atoms with van der Waals surface area (Å²) >= 11 is 0. The molecule has 2 rings (SSSR count). The number of rotatable bonds is 6. The minimum Gasteiger partial charge on any atom is -0.496 e. The van der Waals surface area contributed by atoms with Crippen LogP contribution in [0.25, 0.3) is 0 Å². The molecule has 108 valence electrons. The second kappa shape index (κ2) is 6.76. The summed E-state index contributed by atoms with van der Waals surface area (Å²) in [6.45, 7) is 1.76. The first kappa shape index (κ1) is 14.9. The molecule has 0 saturated heterocycles. The number of ketones is 1. The van der Waals surface area contributed by atoms with Crippen molar-refractivity contribution in [3.63, 3.8) is 0 Å². The lowest BCUT2D eigenvalue weighted by Gasteiger charge is -2.21. The predicted molar refractivity (Wildman–Crippen MR) is 77.9 cm³/mol. The normalized spacial score (nSPS) is 13.2. The molecule has 0 amide bonds. The maximum atomic E-state index is 12.1. The van der Waals surface area contributed by atoms with Gasteiger partial charge in [-0.1, -0.05) is 25.1 Å². The highest BCUT2D eigenvalue weighted by atomic mass is 16.5. The third-order valence-electron chi connectivity index (χ3n) is 3.49. The molecule has 0 aliphatic carbocycles. The summed E-state index contributed by atoms with van der Waals surface area (Å²) in [4.78, 5) is 12.1. The van der Waals surface area contributed by atoms with Crippen molar-refractivity contribution in [3.8, 4) is 11.8 Å². The fourth-order valence-corrected chi connectivity index (χ4v) is 2.44. The molecule has 4 nitrogen and oxygen atoms in total. The molecule has 0 N–H and O–H groups in total. The van der Waals surface area contributed by atoms with E-state index in [1.807, 2.05) is 24.3 Å². The number of ether oxygens (including phenoxy) is 1. The molecular weight excluding hydrogens is 266 g/mol. The molecule has 1 heterocycles. The Morgan fingerprint density at radius 1 is 1.33 bits per heavy atom. The van der Waals surface area contributed by atoms with Gasteiger partial charge in [-0.2, -0.15) is 5.26 Å². The minimum absolute atomic E-state index is 0.107. The Balaban J connectivity index is 2.57. The molecule has 1 aromatic carbocycles. The van der Waals surface area contributed by atoms with Crippen molar-refractivity contribution in [2.45, 2.75) is 19.3 Å². The van der Waals surface area contributed by atoms with Crippen molar-refractivity contribution in [3.05, 3.63) is 54.0 Å². The molecule has 2 atom stereocenters. The molecule has 1 aromatic heterocycles. The van der Waals surface area contributed by atoms with Crippen LogP contribution in [0.4, 0.5) is 0 Å². The van der Waals surface area contributed by atoms with Crippen molar-refractivity contribution < 1.29 is 13.9 Å². The summed E-state index contributed by atoms with van der Waals surface area (Å²) in [5.41, 5.74) is 0.781. The Kier molecular flexibility index (Phi) is 4.78. The number of carbonyl (C=O) groups excluding carboxylic acids is 1. The van der Waals surface area contributed by atoms with Crippen LogP contribution in [0.2, 0.25) is 0 Å². The van der Waals surface area contributed by atoms with Crippen LogP contribution >= 0.6 is 0 Å². The Morgan fingerprint density at radius 2 is 2.10 bits per heavy atom. The van der Waals surface area contributed by atoms with E-state index in [9.17, 15) is 10.1 Å². The largest absolute Gasteiger partial charge is 0.496 e. The Morgan fingerprint density at radius 3 is 2.67 bits per heavy atom. The monoisotopic (exact) mass is 283 g/mol. The molecule has 0 bridgehead atoms. The molecular formula is C17H17NO3. The van der Waals surface area contributed by atoms with Gasteiger partial charge in [0.1, 0.15) is 17.4 Å². The van der Waals surface area contributed by atoms with Crippen molar-refractivity contribution in [1.29, 1.82) is 5.26 Å². The third-order valence-corrected chi connectivity index (χ3v) is 3.49. The van der Waals surface area contributed by atoms with Gasteiger partial charge in [-0.15, -0.1) is 0 Å². The summed E-state index contributed by atoms with van der Waals surface area (Å²) in [6, 6.07) is 13.0. The summed E-state index contributed by atoms with van der Waals surface area (Å²) in [6.07, 6.45) is 1.85. The van der Waals surface area contributed by atoms with Crippen LogP contribution in [0.5, 0.6) is 5.75 Å². The van der Waals surface area contributed by atoms with Gasteiger partial charge in [-0.05, 0) is 18.2 Å². The van der Waals surface area contributed by atoms with Crippen LogP contribution in [0.1, 0.15) is 30.6 Å². The number of para-hydroxylation sites is 1. The lowest BCUT2D eigenvalue weighted by atomic mass is 9.81. The molecule has 0 spiro atoms. The van der Waals surface area contributed by atoms with E-state index < -0.39 is 11.8 Å². The van der Waals surface area contributed by atoms with Gasteiger partial charge in [-0.25, -0.2) is 0 Å². The summed E-state index contributed by atoms with van der Waals surface area (Å²) < 4.78 is 10.8. The number of nitriles is 1. The van der Waals surface area contributed by atoms with Crippen LogP contribution in [0, 0.1) is 17.2 Å². The average Bonchev–Trinajstić information content (AvgIpc) is 3.05. The van der Waals surface area contributed by atoms with Gasteiger partial charge >= 0.3 is 0 Å². The van der Waals surface area contributed by atoms with Gasteiger partial charge in [0.05, 0.1) is 25.4 Å². The second-order valence-electron chi connectivity index (χ2n) is 4.66. The Bertz CT molecular complexity index is 640. The first-order valence-corrected chi connectivity index (χ1v) is 6.81. The van der Waals surface area contributed by atoms with Gasteiger partial charge in [0, 0.05) is 12.0 Å². The smallest absolute Gasteiger partial charge is 0.150 e. The number of furan rings is 1. The molecule has 4 heteroatoms. The molecule has 0 saturated carbocycles.